The molecule has 154 valence electrons. The number of carbonyl (C=O) groups is 1. The zero-order valence-corrected chi connectivity index (χ0v) is 17.4. The number of benzene rings is 2. The molecular weight excluding hydrogens is 390 g/mol. The molecule has 1 aliphatic rings. The summed E-state index contributed by atoms with van der Waals surface area (Å²) in [7, 11) is 0. The first-order chi connectivity index (χ1) is 15.0. The molecule has 5 rings (SSSR count). The Morgan fingerprint density at radius 2 is 1.81 bits per heavy atom. The molecule has 1 N–H and O–H groups in total. The lowest BCUT2D eigenvalue weighted by atomic mass is 10.1. The van der Waals surface area contributed by atoms with Gasteiger partial charge in [0.05, 0.1) is 23.4 Å². The number of hydrazine groups is 1. The van der Waals surface area contributed by atoms with Gasteiger partial charge in [-0.05, 0) is 50.1 Å². The van der Waals surface area contributed by atoms with Crippen molar-refractivity contribution in [1.82, 2.24) is 24.9 Å². The van der Waals surface area contributed by atoms with Gasteiger partial charge in [0.1, 0.15) is 11.8 Å². The Labute approximate surface area is 179 Å². The minimum Gasteiger partial charge on any atom is -0.295 e. The first-order valence-electron chi connectivity index (χ1n) is 9.98. The Morgan fingerprint density at radius 1 is 1.00 bits per heavy atom. The predicted molar refractivity (Wildman–Crippen MR) is 119 cm³/mol. The number of aliphatic imine (C=N–C) groups is 1. The van der Waals surface area contributed by atoms with Crippen molar-refractivity contribution in [2.24, 2.45) is 4.99 Å². The number of rotatable bonds is 3. The van der Waals surface area contributed by atoms with Crippen LogP contribution in [0, 0.1) is 20.8 Å². The number of amidine groups is 1. The number of aromatic nitrogens is 4. The molecule has 8 nitrogen and oxygen atoms in total. The third kappa shape index (κ3) is 3.22. The van der Waals surface area contributed by atoms with Gasteiger partial charge in [-0.2, -0.15) is 0 Å². The number of aryl methyl sites for hydroxylation is 3. The van der Waals surface area contributed by atoms with Crippen LogP contribution in [0.25, 0.3) is 11.2 Å². The van der Waals surface area contributed by atoms with E-state index < -0.39 is 6.04 Å². The van der Waals surface area contributed by atoms with Crippen molar-refractivity contribution in [3.05, 3.63) is 78.0 Å². The normalized spacial score (nSPS) is 17.5. The molecule has 2 aromatic carbocycles. The zero-order valence-electron chi connectivity index (χ0n) is 17.4. The number of nitrogens with one attached hydrogen (secondary N) is 1. The van der Waals surface area contributed by atoms with Crippen LogP contribution in [0.2, 0.25) is 0 Å². The standard InChI is InChI=1S/C23H21N7O/c1-14-9-10-15(2)18(11-14)27-21-20(23(31)30(28-21)17-7-5-4-6-8-17)29-13-26-19-16(3)24-12-25-22(19)29/h4-13,20H,1-3H3,(H,27,28). The number of amides is 1. The van der Waals surface area contributed by atoms with E-state index >= 15 is 0 Å². The van der Waals surface area contributed by atoms with Gasteiger partial charge in [-0.1, -0.05) is 30.3 Å². The van der Waals surface area contributed by atoms with Crippen molar-refractivity contribution in [3.8, 4) is 0 Å². The molecule has 2 aromatic heterocycles. The van der Waals surface area contributed by atoms with Gasteiger partial charge in [0.15, 0.2) is 17.5 Å². The van der Waals surface area contributed by atoms with Crippen molar-refractivity contribution in [1.29, 1.82) is 0 Å². The van der Waals surface area contributed by atoms with Crippen molar-refractivity contribution in [3.63, 3.8) is 0 Å². The minimum atomic E-state index is -0.723. The van der Waals surface area contributed by atoms with Crippen LogP contribution in [0.5, 0.6) is 0 Å². The first kappa shape index (κ1) is 18.9. The fourth-order valence-electron chi connectivity index (χ4n) is 3.70. The molecule has 3 heterocycles. The number of para-hydroxylation sites is 1. The largest absolute Gasteiger partial charge is 0.295 e. The maximum absolute atomic E-state index is 13.6. The quantitative estimate of drug-likeness (QED) is 0.557. The molecule has 0 spiro atoms. The van der Waals surface area contributed by atoms with E-state index in [4.69, 9.17) is 4.99 Å². The summed E-state index contributed by atoms with van der Waals surface area (Å²) in [4.78, 5) is 31.5. The van der Waals surface area contributed by atoms with Gasteiger partial charge in [0.25, 0.3) is 5.91 Å². The Hall–Kier alpha value is -4.07. The fraction of sp³-hybridized carbons (Fsp3) is 0.174. The molecule has 0 radical (unpaired) electrons. The van der Waals surface area contributed by atoms with E-state index in [2.05, 4.69) is 20.4 Å². The molecule has 1 amide bonds. The summed E-state index contributed by atoms with van der Waals surface area (Å²) in [6.07, 6.45) is 3.11. The third-order valence-corrected chi connectivity index (χ3v) is 5.38. The monoisotopic (exact) mass is 411 g/mol. The van der Waals surface area contributed by atoms with Crippen LogP contribution in [0.15, 0.2) is 66.2 Å². The number of carbonyl (C=O) groups excluding carboxylic acids is 1. The minimum absolute atomic E-state index is 0.161. The van der Waals surface area contributed by atoms with Gasteiger partial charge in [0.2, 0.25) is 0 Å². The lowest BCUT2D eigenvalue weighted by Gasteiger charge is -2.15. The van der Waals surface area contributed by atoms with Gasteiger partial charge in [0, 0.05) is 0 Å². The summed E-state index contributed by atoms with van der Waals surface area (Å²) < 4.78 is 1.76. The molecular formula is C23H21N7O. The number of fused-ring (bicyclic) bond motifs is 1. The maximum atomic E-state index is 13.6. The highest BCUT2D eigenvalue weighted by molar-refractivity contribution is 6.19. The number of nitrogens with zero attached hydrogens (tertiary/aromatic N) is 6. The Bertz CT molecular complexity index is 1330. The summed E-state index contributed by atoms with van der Waals surface area (Å²) in [6.45, 7) is 5.90. The number of hydrogen-bond donors (Lipinski definition) is 1. The van der Waals surface area contributed by atoms with Crippen molar-refractivity contribution in [2.45, 2.75) is 26.8 Å². The summed E-state index contributed by atoms with van der Waals surface area (Å²) in [5.41, 5.74) is 8.90. The van der Waals surface area contributed by atoms with E-state index in [1.807, 2.05) is 69.3 Å². The summed E-state index contributed by atoms with van der Waals surface area (Å²) in [5, 5.41) is 1.52. The van der Waals surface area contributed by atoms with Crippen LogP contribution in [0.3, 0.4) is 0 Å². The lowest BCUT2D eigenvalue weighted by Crippen LogP contribution is -2.35. The molecule has 31 heavy (non-hydrogen) atoms. The van der Waals surface area contributed by atoms with E-state index in [0.717, 1.165) is 28.2 Å². The van der Waals surface area contributed by atoms with Gasteiger partial charge >= 0.3 is 0 Å². The van der Waals surface area contributed by atoms with Gasteiger partial charge < -0.3 is 0 Å². The Kier molecular flexibility index (Phi) is 4.47. The molecule has 0 bridgehead atoms. The number of imidazole rings is 1. The molecule has 4 aromatic rings. The van der Waals surface area contributed by atoms with E-state index in [1.165, 1.54) is 11.3 Å². The smallest absolute Gasteiger partial charge is 0.276 e. The van der Waals surface area contributed by atoms with Crippen LogP contribution in [-0.2, 0) is 4.79 Å². The second-order valence-corrected chi connectivity index (χ2v) is 7.59. The molecule has 1 fully saturated rings. The average Bonchev–Trinajstić information content (AvgIpc) is 3.33. The van der Waals surface area contributed by atoms with Crippen LogP contribution in [0.1, 0.15) is 22.9 Å². The third-order valence-electron chi connectivity index (χ3n) is 5.38. The van der Waals surface area contributed by atoms with E-state index in [9.17, 15) is 4.79 Å². The first-order valence-corrected chi connectivity index (χ1v) is 9.98. The average molecular weight is 411 g/mol. The zero-order chi connectivity index (χ0) is 21.5. The maximum Gasteiger partial charge on any atom is 0.276 e. The second kappa shape index (κ2) is 7.32. The van der Waals surface area contributed by atoms with Gasteiger partial charge in [-0.15, -0.1) is 0 Å². The van der Waals surface area contributed by atoms with Gasteiger partial charge in [-0.3, -0.25) is 14.8 Å². The number of anilines is 1. The molecule has 1 saturated heterocycles. The Morgan fingerprint density at radius 3 is 2.61 bits per heavy atom. The molecule has 8 heteroatoms. The molecule has 0 aliphatic carbocycles. The molecule has 1 aliphatic heterocycles. The van der Waals surface area contributed by atoms with E-state index in [0.29, 0.717) is 17.0 Å². The second-order valence-electron chi connectivity index (χ2n) is 7.59. The van der Waals surface area contributed by atoms with Gasteiger partial charge in [-0.25, -0.2) is 25.0 Å². The van der Waals surface area contributed by atoms with Crippen molar-refractivity contribution in [2.75, 3.05) is 5.01 Å². The van der Waals surface area contributed by atoms with Crippen molar-refractivity contribution < 1.29 is 4.79 Å². The van der Waals surface area contributed by atoms with E-state index in [-0.39, 0.29) is 5.91 Å². The van der Waals surface area contributed by atoms with Crippen LogP contribution in [0.4, 0.5) is 11.4 Å². The lowest BCUT2D eigenvalue weighted by molar-refractivity contribution is -0.119. The fourth-order valence-corrected chi connectivity index (χ4v) is 3.70. The van der Waals surface area contributed by atoms with Crippen LogP contribution < -0.4 is 10.4 Å². The van der Waals surface area contributed by atoms with E-state index in [1.54, 1.807) is 10.9 Å². The number of hydrogen-bond acceptors (Lipinski definition) is 5. The molecule has 0 saturated carbocycles. The molecule has 1 atom stereocenters. The predicted octanol–water partition coefficient (Wildman–Crippen LogP) is 3.57. The summed E-state index contributed by atoms with van der Waals surface area (Å²) >= 11 is 0. The SMILES string of the molecule is Cc1ccc(C)c(N=C2NN(c3ccccc3)C(=O)C2n2cnc3c(C)ncnc32)c1. The Balaban J connectivity index is 1.68. The highest BCUT2D eigenvalue weighted by atomic mass is 16.2. The van der Waals surface area contributed by atoms with Crippen LogP contribution in [-0.4, -0.2) is 31.3 Å². The van der Waals surface area contributed by atoms with Crippen LogP contribution >= 0.6 is 0 Å². The highest BCUT2D eigenvalue weighted by Gasteiger charge is 2.41. The summed E-state index contributed by atoms with van der Waals surface area (Å²) in [6, 6.07) is 14.8. The highest BCUT2D eigenvalue weighted by Crippen LogP contribution is 2.29. The van der Waals surface area contributed by atoms with Crippen molar-refractivity contribution >= 4 is 34.3 Å². The summed E-state index contributed by atoms with van der Waals surface area (Å²) in [5.74, 6) is 0.351. The molecule has 1 unspecified atom stereocenters. The topological polar surface area (TPSA) is 88.3 Å².